The van der Waals surface area contributed by atoms with E-state index in [9.17, 15) is 18.8 Å². The molecular weight excluding hydrogens is 1830 g/mol. The molecule has 12 aromatic carbocycles. The highest BCUT2D eigenvalue weighted by Gasteiger charge is 2.29. The van der Waals surface area contributed by atoms with Gasteiger partial charge in [0, 0.05) is 98.5 Å². The number of amides is 2. The predicted octanol–water partition coefficient (Wildman–Crippen LogP) is 24.5. The number of nitrogens with one attached hydrogen (secondary N) is 3. The van der Waals surface area contributed by atoms with Crippen molar-refractivity contribution in [3.8, 4) is 70.4 Å². The van der Waals surface area contributed by atoms with E-state index < -0.39 is 12.4 Å². The van der Waals surface area contributed by atoms with E-state index in [-0.39, 0.29) is 38.5 Å². The summed E-state index contributed by atoms with van der Waals surface area (Å²) in [5, 5.41) is 26.5. The molecule has 16 nitrogen and oxygen atoms in total. The van der Waals surface area contributed by atoms with E-state index in [4.69, 9.17) is 42.3 Å². The van der Waals surface area contributed by atoms with Crippen molar-refractivity contribution in [2.75, 3.05) is 69.3 Å². The summed E-state index contributed by atoms with van der Waals surface area (Å²) in [5.74, 6) is 20.0. The molecule has 3 N–H and O–H groups in total. The third-order valence-corrected chi connectivity index (χ3v) is 21.2. The van der Waals surface area contributed by atoms with Crippen molar-refractivity contribution in [1.82, 2.24) is 30.0 Å². The van der Waals surface area contributed by atoms with Crippen LogP contribution in [0.4, 0.5) is 38.5 Å². The Morgan fingerprint density at radius 2 is 0.842 bits per heavy atom. The first kappa shape index (κ1) is 105. The van der Waals surface area contributed by atoms with Gasteiger partial charge >= 0.3 is 0 Å². The Bertz CT molecular complexity index is 5940. The van der Waals surface area contributed by atoms with Crippen LogP contribution in [0.15, 0.2) is 328 Å². The standard InChI is InChI=1S/C18H16ClNO.C18H16N4O.C18H18N4.2C16H15N.C13H12IN.C4H8O.C3H4.C2H2Cl2O.C2H6.CH3F.BH/c1-2-8-16-11-6-7-12-17(16)20(18(21)13-19)14-15-9-4-3-5-10-15;1-13-18-15-9-5-6-10-16(15)21(11-14-7-3-2-4-8-14)17(23)12-22(18)20-19-13;1-14-18-16-9-5-6-10-17(16)21(11-12-22(18)20-19-14)13-15-7-3-2-4-8-15;2*1-2-8-15-11-6-7-12-16(15)17-13-14-9-4-3-5-10-14;14-12-8-4-5-9-13(12)15-10-11-6-2-1-3-7-11;1-2-4-5-3-1;1-3-2;3-1-2(4)5;2*1-2;/h3-7,9-12H,13-14H2,1H3;2-10H,11-12H2,1H3;2-10H,11-13H2,1H3;2*3-7,9-12,17H,13H2,1H3;1-9,15H,10H2;1-4H2;1H,2H3;1H2;1-2H3;1H3;1H/i;;;;;;;;;2*1D;. The van der Waals surface area contributed by atoms with Crippen LogP contribution in [0.3, 0.4) is 0 Å². The summed E-state index contributed by atoms with van der Waals surface area (Å²) in [4.78, 5) is 40.4. The van der Waals surface area contributed by atoms with Crippen molar-refractivity contribution in [2.24, 2.45) is 0 Å². The number of halogens is 5. The Morgan fingerprint density at radius 1 is 0.489 bits per heavy atom. The minimum atomic E-state index is -1.00. The number of ether oxygens (including phenoxy) is 1. The highest BCUT2D eigenvalue weighted by atomic mass is 127. The lowest BCUT2D eigenvalue weighted by Gasteiger charge is -2.24. The van der Waals surface area contributed by atoms with Gasteiger partial charge in [0.15, 0.2) is 0 Å². The van der Waals surface area contributed by atoms with E-state index in [0.717, 1.165) is 131 Å². The third kappa shape index (κ3) is 37.0. The van der Waals surface area contributed by atoms with Crippen LogP contribution >= 0.6 is 57.4 Å². The molecule has 682 valence electrons. The van der Waals surface area contributed by atoms with E-state index in [1.165, 1.54) is 55.6 Å². The molecule has 0 atom stereocenters. The fourth-order valence-electron chi connectivity index (χ4n) is 13.5. The molecule has 0 bridgehead atoms. The van der Waals surface area contributed by atoms with Crippen molar-refractivity contribution >= 4 is 117 Å². The number of anilines is 6. The molecule has 17 rings (SSSR count). The van der Waals surface area contributed by atoms with Crippen LogP contribution in [0.1, 0.15) is 119 Å². The first-order valence-corrected chi connectivity index (χ1v) is 45.5. The molecule has 2 amide bonds. The average Bonchev–Trinajstić information content (AvgIpc) is 1.63. The van der Waals surface area contributed by atoms with Gasteiger partial charge in [-0.05, 0) is 183 Å². The molecule has 3 aliphatic heterocycles. The molecule has 5 heterocycles. The summed E-state index contributed by atoms with van der Waals surface area (Å²) in [6.45, 7) is 21.8. The zero-order valence-electron chi connectivity index (χ0n) is 78.5. The van der Waals surface area contributed by atoms with Crippen LogP contribution in [-0.4, -0.2) is 94.1 Å². The molecule has 22 heteroatoms. The Balaban J connectivity index is 0.000000240. The monoisotopic (exact) mass is 1940 g/mol. The predicted molar refractivity (Wildman–Crippen MR) is 563 cm³/mol. The largest absolute Gasteiger partial charge is 0.381 e. The summed E-state index contributed by atoms with van der Waals surface area (Å²) in [6, 6.07) is 110. The van der Waals surface area contributed by atoms with Gasteiger partial charge in [-0.2, -0.15) is 0 Å². The van der Waals surface area contributed by atoms with Crippen molar-refractivity contribution in [3.63, 3.8) is 0 Å². The molecule has 1 fully saturated rings. The van der Waals surface area contributed by atoms with Gasteiger partial charge in [0.1, 0.15) is 12.4 Å². The number of hydrogen-bond donors (Lipinski definition) is 3. The minimum Gasteiger partial charge on any atom is -0.381 e. The van der Waals surface area contributed by atoms with Gasteiger partial charge in [0.2, 0.25) is 17.1 Å². The van der Waals surface area contributed by atoms with Crippen molar-refractivity contribution in [1.29, 1.82) is 0 Å². The summed E-state index contributed by atoms with van der Waals surface area (Å²) >= 11 is 17.7. The van der Waals surface area contributed by atoms with Gasteiger partial charge in [0.05, 0.1) is 79.6 Å². The number of para-hydroxylation sites is 6. The van der Waals surface area contributed by atoms with E-state index in [1.54, 1.807) is 30.4 Å². The number of aryl methyl sites for hydroxylation is 2. The molecule has 14 aromatic rings. The van der Waals surface area contributed by atoms with Gasteiger partial charge in [0.25, 0.3) is 0 Å². The SMILES string of the molecule is C#CC.C1CCOC1.CC#Cc1ccccc1N(Cc1ccccc1)C(=O)CCl.CC#Cc1ccccc1NCc1ccccc1.CC#Cc1ccccc1NCc1ccccc1.Cc1nnn2c1-c1ccccc1N(Cc1ccccc1)C(=O)C2.Cc1nnn2c1-c1ccccc1N(Cc1ccccc1)CC2.Ic1ccccc1NCc1ccccc1.O=C(Cl)CCl.[2H]CC.[2H]CF.[BH]. The number of nitrogens with zero attached hydrogens (tertiary/aromatic N) is 9. The second-order valence-corrected chi connectivity index (χ2v) is 30.9. The molecule has 0 aliphatic carbocycles. The zero-order valence-corrected chi connectivity index (χ0v) is 81.0. The highest BCUT2D eigenvalue weighted by Crippen LogP contribution is 2.38. The summed E-state index contributed by atoms with van der Waals surface area (Å²) < 4.78 is 31.6. The number of fused-ring (bicyclic) bond motifs is 6. The van der Waals surface area contributed by atoms with Crippen LogP contribution < -0.4 is 30.7 Å². The third-order valence-electron chi connectivity index (χ3n) is 19.5. The molecule has 2 radical (unpaired) electrons. The topological polar surface area (TPSA) is 168 Å². The fraction of sp³-hybridized carbons (Fsp3) is 0.216. The highest BCUT2D eigenvalue weighted by molar-refractivity contribution is 14.1. The smallest absolute Gasteiger partial charge is 0.249 e. The second-order valence-electron chi connectivity index (χ2n) is 28.8. The normalized spacial score (nSPS) is 11.1. The van der Waals surface area contributed by atoms with Gasteiger partial charge < -0.3 is 35.4 Å². The van der Waals surface area contributed by atoms with E-state index in [0.29, 0.717) is 20.0 Å². The maximum absolute atomic E-state index is 12.8. The number of hydrogen-bond acceptors (Lipinski definition) is 12. The number of benzene rings is 12. The number of alkyl halides is 3. The van der Waals surface area contributed by atoms with E-state index >= 15 is 0 Å². The maximum Gasteiger partial charge on any atom is 0.249 e. The Labute approximate surface area is 820 Å². The number of terminal acetylenes is 1. The van der Waals surface area contributed by atoms with Crippen LogP contribution in [0.5, 0.6) is 0 Å². The van der Waals surface area contributed by atoms with Crippen LogP contribution in [0, 0.1) is 65.3 Å². The first-order chi connectivity index (χ1) is 65.5. The maximum atomic E-state index is 12.8. The molecule has 1 saturated heterocycles. The van der Waals surface area contributed by atoms with Gasteiger partial charge in [-0.1, -0.05) is 309 Å². The number of aromatic nitrogens is 6. The van der Waals surface area contributed by atoms with Crippen molar-refractivity contribution in [3.05, 3.63) is 393 Å². The first-order valence-electron chi connectivity index (χ1n) is 44.4. The second kappa shape index (κ2) is 63.5. The molecule has 133 heavy (non-hydrogen) atoms. The molecular formula is C111H116BCl3FIN12O4. The summed E-state index contributed by atoms with van der Waals surface area (Å²) in [6.07, 6.45) is 7.15. The number of rotatable bonds is 18. The summed E-state index contributed by atoms with van der Waals surface area (Å²) in [5.41, 5.74) is 22.7. The number of carbonyl (C=O) groups is 3. The van der Waals surface area contributed by atoms with Gasteiger partial charge in [-0.25, -0.2) is 9.36 Å². The quantitative estimate of drug-likeness (QED) is 0.0245. The van der Waals surface area contributed by atoms with E-state index in [2.05, 4.69) is 276 Å². The minimum absolute atomic E-state index is 0. The van der Waals surface area contributed by atoms with E-state index in [1.807, 2.05) is 201 Å². The summed E-state index contributed by atoms with van der Waals surface area (Å²) in [7, 11) is -1.00. The molecule has 0 spiro atoms. The van der Waals surface area contributed by atoms with Gasteiger partial charge in [-0.3, -0.25) is 18.8 Å². The lowest BCUT2D eigenvalue weighted by Crippen LogP contribution is -2.32. The molecule has 0 saturated carbocycles. The molecule has 0 unspecified atom stereocenters. The van der Waals surface area contributed by atoms with Crippen molar-refractivity contribution in [2.45, 2.75) is 121 Å². The molecule has 3 aliphatic rings. The van der Waals surface area contributed by atoms with Gasteiger partial charge in [-0.15, -0.1) is 63.5 Å². The average molecular weight is 1950 g/mol. The fourth-order valence-corrected chi connectivity index (χ4v) is 14.3. The lowest BCUT2D eigenvalue weighted by molar-refractivity contribution is -0.119. The Kier molecular flexibility index (Phi) is 50.1. The Morgan fingerprint density at radius 3 is 1.28 bits per heavy atom. The number of carbonyl (C=O) groups excluding carboxylic acids is 3. The van der Waals surface area contributed by atoms with Crippen molar-refractivity contribution < 1.29 is 26.3 Å². The zero-order chi connectivity index (χ0) is 96.1. The molecule has 2 aromatic heterocycles. The van der Waals surface area contributed by atoms with Crippen LogP contribution in [0.25, 0.3) is 22.5 Å². The Hall–Kier alpha value is -13.5. The van der Waals surface area contributed by atoms with Crippen LogP contribution in [0.2, 0.25) is 0 Å². The van der Waals surface area contributed by atoms with Crippen LogP contribution in [-0.2, 0) is 71.5 Å². The lowest BCUT2D eigenvalue weighted by atomic mass is 10.1.